The Labute approximate surface area is 186 Å². The molecule has 3 rings (SSSR count). The summed E-state index contributed by atoms with van der Waals surface area (Å²) < 4.78 is 15.9. The van der Waals surface area contributed by atoms with E-state index in [4.69, 9.17) is 19.3 Å². The van der Waals surface area contributed by atoms with Gasteiger partial charge >= 0.3 is 0 Å². The maximum absolute atomic E-state index is 11.9. The van der Waals surface area contributed by atoms with Crippen LogP contribution in [0, 0.1) is 0 Å². The van der Waals surface area contributed by atoms with Gasteiger partial charge in [-0.25, -0.2) is 0 Å². The highest BCUT2D eigenvalue weighted by Gasteiger charge is 2.44. The molecule has 0 aromatic heterocycles. The Morgan fingerprint density at radius 2 is 1.78 bits per heavy atom. The number of benzene rings is 2. The topological polar surface area (TPSA) is 138 Å². The third kappa shape index (κ3) is 6.61. The third-order valence-electron chi connectivity index (χ3n) is 5.38. The van der Waals surface area contributed by atoms with E-state index in [2.05, 4.69) is 11.4 Å². The molecule has 1 saturated heterocycles. The van der Waals surface area contributed by atoms with Crippen molar-refractivity contribution >= 4 is 16.7 Å². The number of ether oxygens (including phenoxy) is 3. The highest BCUT2D eigenvalue weighted by molar-refractivity contribution is 5.83. The predicted molar refractivity (Wildman–Crippen MR) is 116 cm³/mol. The second-order valence-corrected chi connectivity index (χ2v) is 7.77. The lowest BCUT2D eigenvalue weighted by Crippen LogP contribution is -2.59. The molecule has 1 aliphatic heterocycles. The van der Waals surface area contributed by atoms with Crippen LogP contribution in [0.4, 0.5) is 0 Å². The second kappa shape index (κ2) is 12.1. The predicted octanol–water partition coefficient (Wildman–Crippen LogP) is 0.322. The van der Waals surface area contributed by atoms with Crippen molar-refractivity contribution in [2.45, 2.75) is 50.0 Å². The van der Waals surface area contributed by atoms with Crippen molar-refractivity contribution in [3.05, 3.63) is 42.5 Å². The zero-order valence-corrected chi connectivity index (χ0v) is 17.8. The third-order valence-corrected chi connectivity index (χ3v) is 5.38. The van der Waals surface area contributed by atoms with Crippen LogP contribution in [-0.2, 0) is 14.3 Å². The Morgan fingerprint density at radius 1 is 1.00 bits per heavy atom. The molecule has 2 aromatic rings. The standard InChI is InChI=1S/C23H31NO8/c25-13-18-20(27)22(21(28)23(29)32-18)31-14-19(26)24-10-4-1-5-11-30-17-9-8-15-6-2-3-7-16(15)12-17/h2-3,6-9,12,18,20-23,25,27-29H,1,4-5,10-11,13-14H2,(H,24,26)/t18-,20-,21-,22+,23?/m1/s1. The molecule has 0 bridgehead atoms. The normalized spacial score (nSPS) is 25.6. The van der Waals surface area contributed by atoms with Crippen molar-refractivity contribution in [3.8, 4) is 5.75 Å². The first-order valence-corrected chi connectivity index (χ1v) is 10.8. The molecule has 1 aliphatic rings. The van der Waals surface area contributed by atoms with Crippen molar-refractivity contribution in [1.29, 1.82) is 0 Å². The number of unbranched alkanes of at least 4 members (excludes halogenated alkanes) is 2. The summed E-state index contributed by atoms with van der Waals surface area (Å²) in [4.78, 5) is 11.9. The van der Waals surface area contributed by atoms with E-state index in [1.165, 1.54) is 5.39 Å². The Bertz CT molecular complexity index is 863. The number of hydrogen-bond acceptors (Lipinski definition) is 8. The van der Waals surface area contributed by atoms with Crippen molar-refractivity contribution in [2.24, 2.45) is 0 Å². The van der Waals surface area contributed by atoms with Gasteiger partial charge in [-0.3, -0.25) is 4.79 Å². The number of amides is 1. The lowest BCUT2D eigenvalue weighted by molar-refractivity contribution is -0.293. The van der Waals surface area contributed by atoms with E-state index in [0.29, 0.717) is 13.2 Å². The van der Waals surface area contributed by atoms with Gasteiger partial charge in [0.05, 0.1) is 13.2 Å². The summed E-state index contributed by atoms with van der Waals surface area (Å²) in [6.45, 7) is 0.0958. The molecule has 1 amide bonds. The fourth-order valence-corrected chi connectivity index (χ4v) is 3.57. The first-order chi connectivity index (χ1) is 15.5. The zero-order chi connectivity index (χ0) is 22.9. The summed E-state index contributed by atoms with van der Waals surface area (Å²) in [6, 6.07) is 14.1. The van der Waals surface area contributed by atoms with E-state index >= 15 is 0 Å². The Morgan fingerprint density at radius 3 is 2.56 bits per heavy atom. The van der Waals surface area contributed by atoms with Gasteiger partial charge < -0.3 is 40.0 Å². The maximum atomic E-state index is 11.9. The Hall–Kier alpha value is -2.27. The summed E-state index contributed by atoms with van der Waals surface area (Å²) in [6.07, 6.45) is -4.36. The fraction of sp³-hybridized carbons (Fsp3) is 0.522. The Kier molecular flexibility index (Phi) is 9.22. The smallest absolute Gasteiger partial charge is 0.246 e. The van der Waals surface area contributed by atoms with Gasteiger partial charge in [-0.05, 0) is 42.2 Å². The molecular formula is C23H31NO8. The van der Waals surface area contributed by atoms with Crippen LogP contribution >= 0.6 is 0 Å². The summed E-state index contributed by atoms with van der Waals surface area (Å²) in [5.74, 6) is 0.429. The number of hydrogen-bond donors (Lipinski definition) is 5. The van der Waals surface area contributed by atoms with Crippen LogP contribution in [0.25, 0.3) is 10.8 Å². The molecule has 1 heterocycles. The molecule has 9 heteroatoms. The lowest BCUT2D eigenvalue weighted by atomic mass is 9.99. The second-order valence-electron chi connectivity index (χ2n) is 7.77. The van der Waals surface area contributed by atoms with Crippen molar-refractivity contribution in [2.75, 3.05) is 26.4 Å². The monoisotopic (exact) mass is 449 g/mol. The molecule has 0 aliphatic carbocycles. The van der Waals surface area contributed by atoms with Crippen LogP contribution in [0.1, 0.15) is 19.3 Å². The number of nitrogens with one attached hydrogen (secondary N) is 1. The van der Waals surface area contributed by atoms with Crippen molar-refractivity contribution < 1.29 is 39.4 Å². The van der Waals surface area contributed by atoms with E-state index in [-0.39, 0.29) is 0 Å². The van der Waals surface area contributed by atoms with Crippen LogP contribution in [0.3, 0.4) is 0 Å². The SMILES string of the molecule is O=C(CO[C@H]1[C@H](O)[C@@H](CO)OC(O)[C@@H]1O)NCCCCCOc1ccc2ccccc2c1. The van der Waals surface area contributed by atoms with Gasteiger partial charge in [0.1, 0.15) is 36.8 Å². The molecule has 1 unspecified atom stereocenters. The quantitative estimate of drug-likeness (QED) is 0.309. The highest BCUT2D eigenvalue weighted by Crippen LogP contribution is 2.22. The number of fused-ring (bicyclic) bond motifs is 1. The van der Waals surface area contributed by atoms with Gasteiger partial charge in [0.25, 0.3) is 0 Å². The number of aliphatic hydroxyl groups is 4. The van der Waals surface area contributed by atoms with Crippen LogP contribution in [0.2, 0.25) is 0 Å². The summed E-state index contributed by atoms with van der Waals surface area (Å²) in [5.41, 5.74) is 0. The number of aliphatic hydroxyl groups excluding tert-OH is 4. The highest BCUT2D eigenvalue weighted by atomic mass is 16.6. The van der Waals surface area contributed by atoms with E-state index < -0.39 is 49.8 Å². The van der Waals surface area contributed by atoms with Crippen molar-refractivity contribution in [3.63, 3.8) is 0 Å². The molecule has 0 saturated carbocycles. The molecule has 0 radical (unpaired) electrons. The van der Waals surface area contributed by atoms with Gasteiger partial charge in [-0.15, -0.1) is 0 Å². The number of rotatable bonds is 11. The summed E-state index contributed by atoms with van der Waals surface area (Å²) in [7, 11) is 0. The van der Waals surface area contributed by atoms with Gasteiger partial charge in [0.2, 0.25) is 5.91 Å². The van der Waals surface area contributed by atoms with E-state index in [1.54, 1.807) is 0 Å². The minimum atomic E-state index is -1.61. The van der Waals surface area contributed by atoms with Crippen LogP contribution in [0.15, 0.2) is 42.5 Å². The minimum Gasteiger partial charge on any atom is -0.494 e. The molecule has 0 spiro atoms. The van der Waals surface area contributed by atoms with Gasteiger partial charge in [0.15, 0.2) is 6.29 Å². The average Bonchev–Trinajstić information content (AvgIpc) is 2.80. The van der Waals surface area contributed by atoms with Crippen LogP contribution < -0.4 is 10.1 Å². The van der Waals surface area contributed by atoms with E-state index in [1.807, 2.05) is 36.4 Å². The summed E-state index contributed by atoms with van der Waals surface area (Å²) >= 11 is 0. The zero-order valence-electron chi connectivity index (χ0n) is 17.8. The molecule has 176 valence electrons. The minimum absolute atomic E-state index is 0.394. The molecule has 32 heavy (non-hydrogen) atoms. The Balaban J connectivity index is 1.27. The first kappa shape index (κ1) is 24.4. The van der Waals surface area contributed by atoms with E-state index in [9.17, 15) is 20.1 Å². The fourth-order valence-electron chi connectivity index (χ4n) is 3.57. The van der Waals surface area contributed by atoms with E-state index in [0.717, 1.165) is 30.4 Å². The number of carbonyl (C=O) groups excluding carboxylic acids is 1. The molecule has 9 nitrogen and oxygen atoms in total. The largest absolute Gasteiger partial charge is 0.494 e. The first-order valence-electron chi connectivity index (χ1n) is 10.8. The molecule has 2 aromatic carbocycles. The maximum Gasteiger partial charge on any atom is 0.246 e. The summed E-state index contributed by atoms with van der Waals surface area (Å²) in [5, 5.41) is 43.7. The molecular weight excluding hydrogens is 418 g/mol. The van der Waals surface area contributed by atoms with Crippen molar-refractivity contribution in [1.82, 2.24) is 5.32 Å². The molecule has 1 fully saturated rings. The molecule has 5 N–H and O–H groups in total. The van der Waals surface area contributed by atoms with Crippen LogP contribution in [0.5, 0.6) is 5.75 Å². The van der Waals surface area contributed by atoms with Gasteiger partial charge in [-0.2, -0.15) is 0 Å². The number of carbonyl (C=O) groups is 1. The molecule has 5 atom stereocenters. The van der Waals surface area contributed by atoms with Gasteiger partial charge in [0, 0.05) is 6.54 Å². The van der Waals surface area contributed by atoms with Crippen LogP contribution in [-0.4, -0.2) is 83.4 Å². The van der Waals surface area contributed by atoms with Gasteiger partial charge in [-0.1, -0.05) is 30.3 Å². The average molecular weight is 450 g/mol. The lowest BCUT2D eigenvalue weighted by Gasteiger charge is -2.39.